The minimum absolute atomic E-state index is 0.298. The minimum atomic E-state index is 0.298. The van der Waals surface area contributed by atoms with Crippen LogP contribution in [0.2, 0.25) is 0 Å². The van der Waals surface area contributed by atoms with Crippen molar-refractivity contribution in [2.45, 2.75) is 19.5 Å². The molecule has 0 fully saturated rings. The first-order chi connectivity index (χ1) is 8.15. The van der Waals surface area contributed by atoms with Crippen LogP contribution in [0.1, 0.15) is 24.4 Å². The first-order valence-corrected chi connectivity index (χ1v) is 5.71. The number of anilines is 1. The molecule has 17 heavy (non-hydrogen) atoms. The smallest absolute Gasteiger partial charge is 0.226 e. The van der Waals surface area contributed by atoms with Gasteiger partial charge in [0.15, 0.2) is 0 Å². The normalized spacial score (nSPS) is 19.5. The highest BCUT2D eigenvalue weighted by molar-refractivity contribution is 5.60. The zero-order chi connectivity index (χ0) is 12.0. The van der Waals surface area contributed by atoms with E-state index in [2.05, 4.69) is 23.9 Å². The van der Waals surface area contributed by atoms with Crippen LogP contribution in [0, 0.1) is 0 Å². The Bertz CT molecular complexity index is 562. The summed E-state index contributed by atoms with van der Waals surface area (Å²) in [5, 5.41) is 0. The van der Waals surface area contributed by atoms with Crippen LogP contribution in [-0.2, 0) is 6.54 Å². The minimum Gasteiger partial charge on any atom is -0.439 e. The van der Waals surface area contributed by atoms with E-state index in [9.17, 15) is 0 Å². The molecule has 4 heteroatoms. The molecule has 0 saturated heterocycles. The quantitative estimate of drug-likeness (QED) is 0.763. The van der Waals surface area contributed by atoms with Gasteiger partial charge in [-0.25, -0.2) is 4.98 Å². The Kier molecular flexibility index (Phi) is 2.19. The largest absolute Gasteiger partial charge is 0.439 e. The van der Waals surface area contributed by atoms with Crippen LogP contribution in [0.5, 0.6) is 0 Å². The molecule has 1 aromatic heterocycles. The zero-order valence-electron chi connectivity index (χ0n) is 9.97. The van der Waals surface area contributed by atoms with E-state index in [1.165, 1.54) is 0 Å². The fourth-order valence-corrected chi connectivity index (χ4v) is 2.17. The van der Waals surface area contributed by atoms with Crippen LogP contribution in [0.4, 0.5) is 5.69 Å². The molecule has 0 radical (unpaired) electrons. The summed E-state index contributed by atoms with van der Waals surface area (Å²) in [6.07, 6.45) is 0. The summed E-state index contributed by atoms with van der Waals surface area (Å²) >= 11 is 0. The van der Waals surface area contributed by atoms with Crippen molar-refractivity contribution < 1.29 is 4.42 Å². The number of oxazole rings is 1. The van der Waals surface area contributed by atoms with E-state index in [0.717, 1.165) is 29.2 Å². The molecular weight excluding hydrogens is 214 g/mol. The van der Waals surface area contributed by atoms with E-state index in [1.807, 2.05) is 24.3 Å². The summed E-state index contributed by atoms with van der Waals surface area (Å²) in [5.74, 6) is 1.65. The molecule has 2 heterocycles. The van der Waals surface area contributed by atoms with Crippen molar-refractivity contribution in [1.82, 2.24) is 9.88 Å². The zero-order valence-corrected chi connectivity index (χ0v) is 9.97. The van der Waals surface area contributed by atoms with Gasteiger partial charge in [-0.05, 0) is 32.2 Å². The second kappa shape index (κ2) is 3.60. The Morgan fingerprint density at radius 2 is 2.29 bits per heavy atom. The number of rotatable bonds is 1. The van der Waals surface area contributed by atoms with Gasteiger partial charge in [0, 0.05) is 17.8 Å². The number of aromatic nitrogens is 1. The molecule has 88 valence electrons. The summed E-state index contributed by atoms with van der Waals surface area (Å²) in [4.78, 5) is 6.75. The van der Waals surface area contributed by atoms with Crippen LogP contribution in [0.3, 0.4) is 0 Å². The van der Waals surface area contributed by atoms with Crippen LogP contribution in [0.25, 0.3) is 11.5 Å². The van der Waals surface area contributed by atoms with Gasteiger partial charge in [-0.2, -0.15) is 0 Å². The predicted molar refractivity (Wildman–Crippen MR) is 66.2 cm³/mol. The number of hydrogen-bond acceptors (Lipinski definition) is 4. The van der Waals surface area contributed by atoms with Gasteiger partial charge in [0.05, 0.1) is 11.7 Å². The van der Waals surface area contributed by atoms with Gasteiger partial charge >= 0.3 is 0 Å². The lowest BCUT2D eigenvalue weighted by Crippen LogP contribution is -2.13. The maximum Gasteiger partial charge on any atom is 0.226 e. The molecule has 1 atom stereocenters. The number of hydrogen-bond donors (Lipinski definition) is 1. The average molecular weight is 229 g/mol. The van der Waals surface area contributed by atoms with Crippen molar-refractivity contribution in [3.63, 3.8) is 0 Å². The Balaban J connectivity index is 2.02. The Morgan fingerprint density at radius 1 is 1.47 bits per heavy atom. The van der Waals surface area contributed by atoms with E-state index in [-0.39, 0.29) is 0 Å². The molecule has 0 saturated carbocycles. The fraction of sp³-hybridized carbons (Fsp3) is 0.308. The summed E-state index contributed by atoms with van der Waals surface area (Å²) in [6, 6.07) is 7.92. The van der Waals surface area contributed by atoms with E-state index in [1.54, 1.807) is 0 Å². The number of fused-ring (bicyclic) bond motifs is 1. The van der Waals surface area contributed by atoms with Gasteiger partial charge in [0.2, 0.25) is 5.89 Å². The SMILES string of the molecule is CC1c2oc(-c3cccc(N)c3)nc2CN1C. The highest BCUT2D eigenvalue weighted by Crippen LogP contribution is 2.35. The average Bonchev–Trinajstić information content (AvgIpc) is 2.81. The first-order valence-electron chi connectivity index (χ1n) is 5.71. The van der Waals surface area contributed by atoms with Crippen molar-refractivity contribution in [2.24, 2.45) is 0 Å². The van der Waals surface area contributed by atoms with Crippen molar-refractivity contribution >= 4 is 5.69 Å². The standard InChI is InChI=1S/C13H15N3O/c1-8-12-11(7-16(8)2)15-13(17-12)9-4-3-5-10(14)6-9/h3-6,8H,7,14H2,1-2H3. The number of nitrogens with zero attached hydrogens (tertiary/aromatic N) is 2. The Hall–Kier alpha value is -1.81. The third kappa shape index (κ3) is 1.61. The van der Waals surface area contributed by atoms with E-state index in [4.69, 9.17) is 10.2 Å². The maximum atomic E-state index is 5.84. The number of nitrogens with two attached hydrogens (primary N) is 1. The number of benzene rings is 1. The van der Waals surface area contributed by atoms with Gasteiger partial charge in [0.25, 0.3) is 0 Å². The van der Waals surface area contributed by atoms with E-state index < -0.39 is 0 Å². The third-order valence-electron chi connectivity index (χ3n) is 3.30. The van der Waals surface area contributed by atoms with E-state index >= 15 is 0 Å². The van der Waals surface area contributed by atoms with Crippen molar-refractivity contribution in [3.05, 3.63) is 35.7 Å². The molecule has 0 amide bonds. The molecule has 2 aromatic rings. The highest BCUT2D eigenvalue weighted by Gasteiger charge is 2.30. The fourth-order valence-electron chi connectivity index (χ4n) is 2.17. The lowest BCUT2D eigenvalue weighted by Gasteiger charge is -2.13. The summed E-state index contributed by atoms with van der Waals surface area (Å²) in [7, 11) is 2.07. The highest BCUT2D eigenvalue weighted by atomic mass is 16.4. The Labute approximate surface area is 100 Å². The van der Waals surface area contributed by atoms with Gasteiger partial charge in [-0.1, -0.05) is 6.07 Å². The lowest BCUT2D eigenvalue weighted by atomic mass is 10.2. The van der Waals surface area contributed by atoms with Crippen LogP contribution in [-0.4, -0.2) is 16.9 Å². The summed E-state index contributed by atoms with van der Waals surface area (Å²) < 4.78 is 5.84. The number of nitrogen functional groups attached to an aromatic ring is 1. The molecule has 1 aromatic carbocycles. The van der Waals surface area contributed by atoms with Crippen LogP contribution in [0.15, 0.2) is 28.7 Å². The monoisotopic (exact) mass is 229 g/mol. The topological polar surface area (TPSA) is 55.3 Å². The molecule has 3 rings (SSSR count). The lowest BCUT2D eigenvalue weighted by molar-refractivity contribution is 0.259. The van der Waals surface area contributed by atoms with Gasteiger partial charge < -0.3 is 10.2 Å². The van der Waals surface area contributed by atoms with Crippen LogP contribution < -0.4 is 5.73 Å². The van der Waals surface area contributed by atoms with Gasteiger partial charge in [0.1, 0.15) is 5.76 Å². The predicted octanol–water partition coefficient (Wildman–Crippen LogP) is 2.43. The Morgan fingerprint density at radius 3 is 3.00 bits per heavy atom. The molecule has 0 bridgehead atoms. The molecule has 1 unspecified atom stereocenters. The van der Waals surface area contributed by atoms with Crippen molar-refractivity contribution in [3.8, 4) is 11.5 Å². The second-order valence-electron chi connectivity index (χ2n) is 4.55. The van der Waals surface area contributed by atoms with E-state index in [0.29, 0.717) is 11.9 Å². The van der Waals surface area contributed by atoms with Crippen molar-refractivity contribution in [2.75, 3.05) is 12.8 Å². The maximum absolute atomic E-state index is 5.84. The van der Waals surface area contributed by atoms with Crippen LogP contribution >= 0.6 is 0 Å². The summed E-state index contributed by atoms with van der Waals surface area (Å²) in [6.45, 7) is 2.97. The second-order valence-corrected chi connectivity index (χ2v) is 4.55. The van der Waals surface area contributed by atoms with Gasteiger partial charge in [-0.3, -0.25) is 4.90 Å². The molecule has 0 spiro atoms. The molecule has 1 aliphatic heterocycles. The molecule has 1 aliphatic rings. The first kappa shape index (κ1) is 10.4. The van der Waals surface area contributed by atoms with Gasteiger partial charge in [-0.15, -0.1) is 0 Å². The van der Waals surface area contributed by atoms with Crippen molar-refractivity contribution in [1.29, 1.82) is 0 Å². The molecule has 0 aliphatic carbocycles. The molecule has 2 N–H and O–H groups in total. The molecular formula is C13H15N3O. The molecule has 4 nitrogen and oxygen atoms in total. The third-order valence-corrected chi connectivity index (χ3v) is 3.30. The summed E-state index contributed by atoms with van der Waals surface area (Å²) in [5.41, 5.74) is 8.47.